The number of fused-ring (bicyclic) bond motifs is 1. The highest BCUT2D eigenvalue weighted by Gasteiger charge is 2.16. The number of hydrogen-bond donors (Lipinski definition) is 1. The van der Waals surface area contributed by atoms with Crippen molar-refractivity contribution in [3.05, 3.63) is 64.0 Å². The van der Waals surface area contributed by atoms with Gasteiger partial charge in [-0.3, -0.25) is 0 Å². The average molecular weight is 307 g/mol. The molecule has 3 nitrogen and oxygen atoms in total. The Balaban J connectivity index is 1.88. The van der Waals surface area contributed by atoms with E-state index >= 15 is 0 Å². The molecule has 3 aromatic rings. The molecule has 0 saturated carbocycles. The lowest BCUT2D eigenvalue weighted by atomic mass is 10.0. The van der Waals surface area contributed by atoms with Gasteiger partial charge in [-0.2, -0.15) is 0 Å². The highest BCUT2D eigenvalue weighted by Crippen LogP contribution is 2.30. The van der Waals surface area contributed by atoms with E-state index in [4.69, 9.17) is 33.4 Å². The van der Waals surface area contributed by atoms with Gasteiger partial charge in [0.25, 0.3) is 0 Å². The van der Waals surface area contributed by atoms with Crippen molar-refractivity contribution in [3.8, 4) is 0 Å². The molecule has 1 heterocycles. The minimum Gasteiger partial charge on any atom is -0.441 e. The first-order valence-electron chi connectivity index (χ1n) is 6.19. The minimum atomic E-state index is -0.311. The lowest BCUT2D eigenvalue weighted by Gasteiger charge is -2.12. The van der Waals surface area contributed by atoms with E-state index in [1.165, 1.54) is 0 Å². The lowest BCUT2D eigenvalue weighted by molar-refractivity contribution is 0.502. The fourth-order valence-electron chi connectivity index (χ4n) is 2.11. The van der Waals surface area contributed by atoms with Gasteiger partial charge in [0.15, 0.2) is 11.5 Å². The zero-order valence-electron chi connectivity index (χ0n) is 10.5. The molecule has 0 fully saturated rings. The first-order valence-corrected chi connectivity index (χ1v) is 6.94. The highest BCUT2D eigenvalue weighted by molar-refractivity contribution is 6.42. The molecule has 0 radical (unpaired) electrons. The van der Waals surface area contributed by atoms with Crippen LogP contribution in [-0.4, -0.2) is 4.98 Å². The molecule has 0 aliphatic carbocycles. The number of hydrogen-bond acceptors (Lipinski definition) is 3. The van der Waals surface area contributed by atoms with Gasteiger partial charge < -0.3 is 10.2 Å². The third kappa shape index (κ3) is 2.52. The van der Waals surface area contributed by atoms with Crippen molar-refractivity contribution >= 4 is 34.3 Å². The predicted molar refractivity (Wildman–Crippen MR) is 81.1 cm³/mol. The highest BCUT2D eigenvalue weighted by atomic mass is 35.5. The van der Waals surface area contributed by atoms with Crippen LogP contribution in [0.1, 0.15) is 17.5 Å². The molecule has 2 N–H and O–H groups in total. The van der Waals surface area contributed by atoms with Crippen molar-refractivity contribution in [2.75, 3.05) is 0 Å². The maximum absolute atomic E-state index is 6.18. The first kappa shape index (κ1) is 13.4. The van der Waals surface area contributed by atoms with Crippen LogP contribution in [0.3, 0.4) is 0 Å². The summed E-state index contributed by atoms with van der Waals surface area (Å²) >= 11 is 12.2. The van der Waals surface area contributed by atoms with E-state index in [0.717, 1.165) is 16.7 Å². The zero-order chi connectivity index (χ0) is 14.1. The van der Waals surface area contributed by atoms with Crippen LogP contribution in [0.4, 0.5) is 0 Å². The van der Waals surface area contributed by atoms with Gasteiger partial charge in [0, 0.05) is 12.5 Å². The standard InChI is InChI=1S/C15H12Cl2N2O/c16-10-5-3-4-9(15(10)17)11(18)8-14-19-12-6-1-2-7-13(12)20-14/h1-7,11H,8,18H2. The molecule has 0 aliphatic heterocycles. The van der Waals surface area contributed by atoms with Gasteiger partial charge >= 0.3 is 0 Å². The number of oxazole rings is 1. The Labute approximate surface area is 126 Å². The Kier molecular flexibility index (Phi) is 3.66. The summed E-state index contributed by atoms with van der Waals surface area (Å²) in [6.45, 7) is 0. The Morgan fingerprint density at radius 2 is 1.90 bits per heavy atom. The Hall–Kier alpha value is -1.55. The smallest absolute Gasteiger partial charge is 0.197 e. The van der Waals surface area contributed by atoms with Crippen LogP contribution in [0.5, 0.6) is 0 Å². The van der Waals surface area contributed by atoms with Gasteiger partial charge in [-0.05, 0) is 23.8 Å². The van der Waals surface area contributed by atoms with Gasteiger partial charge in [-0.25, -0.2) is 4.98 Å². The van der Waals surface area contributed by atoms with Crippen molar-refractivity contribution in [1.82, 2.24) is 4.98 Å². The topological polar surface area (TPSA) is 52.0 Å². The molecule has 2 aromatic carbocycles. The van der Waals surface area contributed by atoms with Crippen LogP contribution in [0, 0.1) is 0 Å². The molecule has 20 heavy (non-hydrogen) atoms. The zero-order valence-corrected chi connectivity index (χ0v) is 12.0. The van der Waals surface area contributed by atoms with Crippen molar-refractivity contribution in [2.24, 2.45) is 5.73 Å². The van der Waals surface area contributed by atoms with Crippen molar-refractivity contribution in [2.45, 2.75) is 12.5 Å². The number of aromatic nitrogens is 1. The fraction of sp³-hybridized carbons (Fsp3) is 0.133. The molecule has 0 aliphatic rings. The van der Waals surface area contributed by atoms with Crippen LogP contribution in [0.25, 0.3) is 11.1 Å². The first-order chi connectivity index (χ1) is 9.65. The predicted octanol–water partition coefficient (Wildman–Crippen LogP) is 4.38. The molecule has 1 aromatic heterocycles. The summed E-state index contributed by atoms with van der Waals surface area (Å²) in [5.74, 6) is 0.592. The number of nitrogens with zero attached hydrogens (tertiary/aromatic N) is 1. The van der Waals surface area contributed by atoms with Gasteiger partial charge in [-0.1, -0.05) is 47.5 Å². The molecule has 1 unspecified atom stereocenters. The number of benzene rings is 2. The molecule has 1 atom stereocenters. The van der Waals surface area contributed by atoms with Gasteiger partial charge in [0.2, 0.25) is 0 Å². The monoisotopic (exact) mass is 306 g/mol. The van der Waals surface area contributed by atoms with Gasteiger partial charge in [0.05, 0.1) is 10.0 Å². The Morgan fingerprint density at radius 3 is 2.70 bits per heavy atom. The van der Waals surface area contributed by atoms with Crippen LogP contribution >= 0.6 is 23.2 Å². The summed E-state index contributed by atoms with van der Waals surface area (Å²) in [6.07, 6.45) is 0.467. The van der Waals surface area contributed by atoms with E-state index in [9.17, 15) is 0 Å². The Morgan fingerprint density at radius 1 is 1.10 bits per heavy atom. The van der Waals surface area contributed by atoms with Crippen molar-refractivity contribution < 1.29 is 4.42 Å². The maximum atomic E-state index is 6.18. The molecule has 0 bridgehead atoms. The second kappa shape index (κ2) is 5.44. The van der Waals surface area contributed by atoms with Gasteiger partial charge in [-0.15, -0.1) is 0 Å². The minimum absolute atomic E-state index is 0.311. The number of nitrogens with two attached hydrogens (primary N) is 1. The SMILES string of the molecule is NC(Cc1nc2ccccc2o1)c1cccc(Cl)c1Cl. The largest absolute Gasteiger partial charge is 0.441 e. The normalized spacial score (nSPS) is 12.8. The van der Waals surface area contributed by atoms with Crippen LogP contribution < -0.4 is 5.73 Å². The lowest BCUT2D eigenvalue weighted by Crippen LogP contribution is -2.14. The second-order valence-electron chi connectivity index (χ2n) is 4.53. The third-order valence-electron chi connectivity index (χ3n) is 3.11. The average Bonchev–Trinajstić information content (AvgIpc) is 2.83. The van der Waals surface area contributed by atoms with Crippen molar-refractivity contribution in [1.29, 1.82) is 0 Å². The molecular formula is C15H12Cl2N2O. The summed E-state index contributed by atoms with van der Waals surface area (Å²) < 4.78 is 5.66. The van der Waals surface area contributed by atoms with Crippen LogP contribution in [-0.2, 0) is 6.42 Å². The van der Waals surface area contributed by atoms with E-state index in [1.807, 2.05) is 36.4 Å². The van der Waals surface area contributed by atoms with E-state index in [1.54, 1.807) is 6.07 Å². The number of rotatable bonds is 3. The summed E-state index contributed by atoms with van der Waals surface area (Å²) in [5.41, 5.74) is 8.55. The number of para-hydroxylation sites is 2. The maximum Gasteiger partial charge on any atom is 0.197 e. The fourth-order valence-corrected chi connectivity index (χ4v) is 2.56. The molecule has 102 valence electrons. The third-order valence-corrected chi connectivity index (χ3v) is 3.95. The molecule has 5 heteroatoms. The van der Waals surface area contributed by atoms with E-state index in [0.29, 0.717) is 22.4 Å². The Bertz CT molecular complexity index is 721. The van der Waals surface area contributed by atoms with E-state index < -0.39 is 0 Å². The molecule has 0 saturated heterocycles. The van der Waals surface area contributed by atoms with Crippen LogP contribution in [0.2, 0.25) is 10.0 Å². The van der Waals surface area contributed by atoms with Crippen LogP contribution in [0.15, 0.2) is 46.9 Å². The summed E-state index contributed by atoms with van der Waals surface area (Å²) in [4.78, 5) is 4.41. The summed E-state index contributed by atoms with van der Waals surface area (Å²) in [6, 6.07) is 12.7. The summed E-state index contributed by atoms with van der Waals surface area (Å²) in [7, 11) is 0. The van der Waals surface area contributed by atoms with Gasteiger partial charge in [0.1, 0.15) is 5.52 Å². The molecule has 0 amide bonds. The van der Waals surface area contributed by atoms with E-state index in [-0.39, 0.29) is 6.04 Å². The molecule has 0 spiro atoms. The summed E-state index contributed by atoms with van der Waals surface area (Å²) in [5, 5.41) is 0.981. The van der Waals surface area contributed by atoms with Crippen molar-refractivity contribution in [3.63, 3.8) is 0 Å². The number of halogens is 2. The second-order valence-corrected chi connectivity index (χ2v) is 5.31. The molecular weight excluding hydrogens is 295 g/mol. The molecule has 3 rings (SSSR count). The van der Waals surface area contributed by atoms with E-state index in [2.05, 4.69) is 4.98 Å². The quantitative estimate of drug-likeness (QED) is 0.781.